The van der Waals surface area contributed by atoms with E-state index in [1.165, 1.54) is 6.42 Å². The SMILES string of the molecule is CCCCCl.Cl.ClCCl. The van der Waals surface area contributed by atoms with Crippen molar-refractivity contribution >= 4 is 47.2 Å². The molecule has 0 heterocycles. The minimum absolute atomic E-state index is 0. The standard InChI is InChI=1S/C4H9Cl.CH2Cl2.ClH/c1-2-3-4-5;2-1-3;/h2-4H2,1H3;1H2;1H. The van der Waals surface area contributed by atoms with Crippen molar-refractivity contribution in [3.05, 3.63) is 0 Å². The van der Waals surface area contributed by atoms with Gasteiger partial charge in [-0.1, -0.05) is 13.3 Å². The Kier molecular flexibility index (Phi) is 42.3. The lowest BCUT2D eigenvalue weighted by Crippen LogP contribution is -1.65. The van der Waals surface area contributed by atoms with Crippen molar-refractivity contribution in [3.8, 4) is 0 Å². The second-order valence-electron chi connectivity index (χ2n) is 1.14. The summed E-state index contributed by atoms with van der Waals surface area (Å²) in [6, 6.07) is 0. The van der Waals surface area contributed by atoms with Crippen LogP contribution in [-0.2, 0) is 0 Å². The maximum atomic E-state index is 5.30. The van der Waals surface area contributed by atoms with Gasteiger partial charge < -0.3 is 0 Å². The lowest BCUT2D eigenvalue weighted by molar-refractivity contribution is 0.892. The van der Waals surface area contributed by atoms with Crippen LogP contribution in [0.3, 0.4) is 0 Å². The van der Waals surface area contributed by atoms with Gasteiger partial charge in [-0.25, -0.2) is 0 Å². The number of hydrogen-bond acceptors (Lipinski definition) is 0. The molecule has 0 aromatic rings. The third-order valence-electron chi connectivity index (χ3n) is 0.487. The minimum Gasteiger partial charge on any atom is -0.147 e. The number of unbranched alkanes of at least 4 members (excludes halogenated alkanes) is 1. The van der Waals surface area contributed by atoms with Crippen LogP contribution in [0.4, 0.5) is 0 Å². The second-order valence-corrected chi connectivity index (χ2v) is 2.33. The molecule has 60 valence electrons. The van der Waals surface area contributed by atoms with E-state index in [0.717, 1.165) is 12.3 Å². The number of rotatable bonds is 2. The van der Waals surface area contributed by atoms with Crippen molar-refractivity contribution in [1.29, 1.82) is 0 Å². The molecule has 0 saturated carbocycles. The van der Waals surface area contributed by atoms with Gasteiger partial charge in [0.25, 0.3) is 0 Å². The van der Waals surface area contributed by atoms with Gasteiger partial charge in [0.1, 0.15) is 0 Å². The van der Waals surface area contributed by atoms with E-state index in [4.69, 9.17) is 34.8 Å². The normalized spacial score (nSPS) is 6.67. The summed E-state index contributed by atoms with van der Waals surface area (Å²) in [5, 5.41) is 0.194. The summed E-state index contributed by atoms with van der Waals surface area (Å²) in [4.78, 5) is 0. The van der Waals surface area contributed by atoms with Crippen molar-refractivity contribution in [3.63, 3.8) is 0 Å². The Morgan fingerprint density at radius 2 is 1.44 bits per heavy atom. The van der Waals surface area contributed by atoms with Gasteiger partial charge in [-0.15, -0.1) is 47.2 Å². The maximum Gasteiger partial charge on any atom is 0.0967 e. The fraction of sp³-hybridized carbons (Fsp3) is 1.00. The lowest BCUT2D eigenvalue weighted by Gasteiger charge is -1.77. The molecular formula is C5H12Cl4. The van der Waals surface area contributed by atoms with Gasteiger partial charge in [0.05, 0.1) is 5.34 Å². The van der Waals surface area contributed by atoms with Crippen LogP contribution in [0, 0.1) is 0 Å². The van der Waals surface area contributed by atoms with Gasteiger partial charge in [-0.3, -0.25) is 0 Å². The first kappa shape index (κ1) is 16.6. The van der Waals surface area contributed by atoms with Crippen LogP contribution in [0.1, 0.15) is 19.8 Å². The average molecular weight is 214 g/mol. The Morgan fingerprint density at radius 3 is 1.44 bits per heavy atom. The van der Waals surface area contributed by atoms with E-state index in [0.29, 0.717) is 0 Å². The molecule has 0 spiro atoms. The molecule has 9 heavy (non-hydrogen) atoms. The topological polar surface area (TPSA) is 0 Å². The van der Waals surface area contributed by atoms with Crippen LogP contribution in [0.5, 0.6) is 0 Å². The Hall–Kier alpha value is 1.16. The molecule has 0 unspecified atom stereocenters. The van der Waals surface area contributed by atoms with Crippen molar-refractivity contribution in [2.45, 2.75) is 19.8 Å². The summed E-state index contributed by atoms with van der Waals surface area (Å²) >= 11 is 14.8. The first-order valence-corrected chi connectivity index (χ1v) is 4.11. The van der Waals surface area contributed by atoms with Crippen molar-refractivity contribution in [1.82, 2.24) is 0 Å². The molecule has 0 aromatic carbocycles. The van der Waals surface area contributed by atoms with Crippen molar-refractivity contribution in [2.75, 3.05) is 11.2 Å². The highest BCUT2D eigenvalue weighted by Gasteiger charge is 1.70. The summed E-state index contributed by atoms with van der Waals surface area (Å²) in [5.74, 6) is 0.816. The van der Waals surface area contributed by atoms with E-state index in [1.54, 1.807) is 0 Å². The summed E-state index contributed by atoms with van der Waals surface area (Å²) in [6.45, 7) is 2.13. The van der Waals surface area contributed by atoms with Crippen molar-refractivity contribution < 1.29 is 0 Å². The van der Waals surface area contributed by atoms with E-state index >= 15 is 0 Å². The summed E-state index contributed by atoms with van der Waals surface area (Å²) in [6.07, 6.45) is 2.37. The second kappa shape index (κ2) is 22.9. The molecular weight excluding hydrogens is 202 g/mol. The van der Waals surface area contributed by atoms with Crippen LogP contribution in [0.25, 0.3) is 0 Å². The third kappa shape index (κ3) is 47.0. The first-order chi connectivity index (χ1) is 3.83. The fourth-order valence-electron chi connectivity index (χ4n) is 0.134. The zero-order chi connectivity index (χ0) is 6.83. The zero-order valence-electron chi connectivity index (χ0n) is 5.37. The zero-order valence-corrected chi connectivity index (χ0v) is 8.45. The molecule has 0 fully saturated rings. The molecule has 4 heteroatoms. The molecule has 0 aliphatic heterocycles. The van der Waals surface area contributed by atoms with Crippen LogP contribution >= 0.6 is 47.2 Å². The van der Waals surface area contributed by atoms with Gasteiger partial charge in [-0.05, 0) is 6.42 Å². The van der Waals surface area contributed by atoms with Gasteiger partial charge in [0.2, 0.25) is 0 Å². The lowest BCUT2D eigenvalue weighted by atomic mass is 10.4. The summed E-state index contributed by atoms with van der Waals surface area (Å²) in [7, 11) is 0. The van der Waals surface area contributed by atoms with Gasteiger partial charge in [-0.2, -0.15) is 0 Å². The molecule has 0 aliphatic carbocycles. The molecule has 0 radical (unpaired) electrons. The van der Waals surface area contributed by atoms with Gasteiger partial charge in [0, 0.05) is 5.88 Å². The molecule has 0 amide bonds. The predicted octanol–water partition coefficient (Wildman–Crippen LogP) is 3.87. The minimum atomic E-state index is 0. The number of alkyl halides is 3. The monoisotopic (exact) mass is 212 g/mol. The molecule has 0 bridgehead atoms. The third-order valence-corrected chi connectivity index (χ3v) is 0.754. The van der Waals surface area contributed by atoms with E-state index in [2.05, 4.69) is 6.92 Å². The molecule has 0 atom stereocenters. The van der Waals surface area contributed by atoms with Crippen molar-refractivity contribution in [2.24, 2.45) is 0 Å². The fourth-order valence-corrected chi connectivity index (χ4v) is 0.401. The van der Waals surface area contributed by atoms with Crippen LogP contribution in [-0.4, -0.2) is 11.2 Å². The summed E-state index contributed by atoms with van der Waals surface area (Å²) in [5.41, 5.74) is 0. The maximum absolute atomic E-state index is 5.30. The Bertz CT molecular complexity index is 22.9. The quantitative estimate of drug-likeness (QED) is 0.612. The van der Waals surface area contributed by atoms with E-state index < -0.39 is 0 Å². The Morgan fingerprint density at radius 1 is 1.11 bits per heavy atom. The Balaban J connectivity index is -0.0000000800. The molecule has 0 nitrogen and oxygen atoms in total. The predicted molar refractivity (Wildman–Crippen MR) is 49.4 cm³/mol. The molecule has 0 rings (SSSR count). The number of hydrogen-bond donors (Lipinski definition) is 0. The molecule has 0 N–H and O–H groups in total. The van der Waals surface area contributed by atoms with Gasteiger partial charge >= 0.3 is 0 Å². The Labute approximate surface area is 78.3 Å². The highest BCUT2D eigenvalue weighted by atomic mass is 35.5. The molecule has 0 saturated heterocycles. The largest absolute Gasteiger partial charge is 0.147 e. The summed E-state index contributed by atoms with van der Waals surface area (Å²) < 4.78 is 0. The first-order valence-electron chi connectivity index (χ1n) is 2.51. The van der Waals surface area contributed by atoms with E-state index in [1.807, 2.05) is 0 Å². The smallest absolute Gasteiger partial charge is 0.0967 e. The molecule has 0 aliphatic rings. The van der Waals surface area contributed by atoms with Crippen LogP contribution < -0.4 is 0 Å². The highest BCUT2D eigenvalue weighted by molar-refractivity contribution is 6.40. The van der Waals surface area contributed by atoms with Crippen LogP contribution in [0.15, 0.2) is 0 Å². The molecule has 0 aromatic heterocycles. The van der Waals surface area contributed by atoms with E-state index in [-0.39, 0.29) is 17.7 Å². The van der Waals surface area contributed by atoms with Crippen LogP contribution in [0.2, 0.25) is 0 Å². The average Bonchev–Trinajstić information content (AvgIpc) is 1.71. The van der Waals surface area contributed by atoms with Gasteiger partial charge in [0.15, 0.2) is 0 Å². The highest BCUT2D eigenvalue weighted by Crippen LogP contribution is 1.86. The number of halogens is 4. The van der Waals surface area contributed by atoms with E-state index in [9.17, 15) is 0 Å².